The fourth-order valence-corrected chi connectivity index (χ4v) is 1.88. The van der Waals surface area contributed by atoms with E-state index >= 15 is 0 Å². The van der Waals surface area contributed by atoms with E-state index in [1.54, 1.807) is 0 Å². The molecule has 0 saturated carbocycles. The van der Waals surface area contributed by atoms with Gasteiger partial charge in [0.05, 0.1) is 10.6 Å². The van der Waals surface area contributed by atoms with E-state index in [9.17, 15) is 22.4 Å². The molecule has 1 aromatic rings. The van der Waals surface area contributed by atoms with Gasteiger partial charge in [0, 0.05) is 12.4 Å². The lowest BCUT2D eigenvalue weighted by atomic mass is 10.2. The van der Waals surface area contributed by atoms with Gasteiger partial charge in [-0.15, -0.1) is 11.6 Å². The molecule has 0 aromatic heterocycles. The maximum Gasteiger partial charge on any atom is 0.406 e. The van der Waals surface area contributed by atoms with E-state index in [0.717, 1.165) is 6.07 Å². The minimum atomic E-state index is -4.60. The first-order chi connectivity index (χ1) is 8.76. The zero-order valence-corrected chi connectivity index (χ0v) is 11.0. The fourth-order valence-electron chi connectivity index (χ4n) is 1.43. The molecule has 0 saturated heterocycles. The van der Waals surface area contributed by atoms with Gasteiger partial charge < -0.3 is 4.90 Å². The highest BCUT2D eigenvalue weighted by atomic mass is 35.5. The molecule has 0 unspecified atom stereocenters. The van der Waals surface area contributed by atoms with Crippen molar-refractivity contribution < 1.29 is 22.4 Å². The molecule has 0 radical (unpaired) electrons. The third-order valence-corrected chi connectivity index (χ3v) is 2.67. The summed E-state index contributed by atoms with van der Waals surface area (Å²) in [6, 6.07) is 3.43. The Hall–Kier alpha value is -1.01. The maximum atomic E-state index is 13.5. The second kappa shape index (κ2) is 6.43. The number of hydrogen-bond acceptors (Lipinski definition) is 1. The number of hydrogen-bond donors (Lipinski definition) is 0. The molecule has 19 heavy (non-hydrogen) atoms. The van der Waals surface area contributed by atoms with Crippen LogP contribution in [0.1, 0.15) is 10.4 Å². The van der Waals surface area contributed by atoms with E-state index in [0.29, 0.717) is 4.90 Å². The molecule has 0 atom stereocenters. The highest BCUT2D eigenvalue weighted by Crippen LogP contribution is 2.23. The topological polar surface area (TPSA) is 20.3 Å². The first kappa shape index (κ1) is 16.0. The Morgan fingerprint density at radius 2 is 1.95 bits per heavy atom. The summed E-state index contributed by atoms with van der Waals surface area (Å²) in [5.41, 5.74) is -0.585. The summed E-state index contributed by atoms with van der Waals surface area (Å²) in [5.74, 6) is -2.31. The molecule has 0 aliphatic rings. The number of halogens is 6. The van der Waals surface area contributed by atoms with Crippen LogP contribution in [0.2, 0.25) is 5.02 Å². The zero-order chi connectivity index (χ0) is 14.6. The minimum Gasteiger partial charge on any atom is -0.328 e. The van der Waals surface area contributed by atoms with Crippen LogP contribution in [0, 0.1) is 5.82 Å². The Kier molecular flexibility index (Phi) is 5.43. The molecule has 0 heterocycles. The smallest absolute Gasteiger partial charge is 0.328 e. The van der Waals surface area contributed by atoms with E-state index in [1.807, 2.05) is 0 Å². The van der Waals surface area contributed by atoms with Crippen LogP contribution < -0.4 is 0 Å². The van der Waals surface area contributed by atoms with Crippen molar-refractivity contribution in [3.8, 4) is 0 Å². The monoisotopic (exact) mass is 317 g/mol. The number of carbonyl (C=O) groups is 1. The van der Waals surface area contributed by atoms with E-state index in [-0.39, 0.29) is 17.4 Å². The van der Waals surface area contributed by atoms with E-state index < -0.39 is 30.0 Å². The Balaban J connectivity index is 3.06. The number of rotatable bonds is 4. The van der Waals surface area contributed by atoms with Crippen molar-refractivity contribution in [3.05, 3.63) is 34.6 Å². The molecule has 0 bridgehead atoms. The zero-order valence-electron chi connectivity index (χ0n) is 9.48. The molecule has 1 aromatic carbocycles. The molecule has 0 spiro atoms. The number of benzene rings is 1. The summed E-state index contributed by atoms with van der Waals surface area (Å²) in [7, 11) is 0. The molecule has 106 valence electrons. The summed E-state index contributed by atoms with van der Waals surface area (Å²) in [4.78, 5) is 12.3. The lowest BCUT2D eigenvalue weighted by Gasteiger charge is -2.23. The molecule has 1 amide bonds. The summed E-state index contributed by atoms with van der Waals surface area (Å²) in [6.07, 6.45) is -4.60. The lowest BCUT2D eigenvalue weighted by molar-refractivity contribution is -0.140. The van der Waals surface area contributed by atoms with Gasteiger partial charge in [0.1, 0.15) is 12.4 Å². The predicted molar refractivity (Wildman–Crippen MR) is 64.1 cm³/mol. The van der Waals surface area contributed by atoms with Crippen LogP contribution in [0.4, 0.5) is 17.6 Å². The summed E-state index contributed by atoms with van der Waals surface area (Å²) < 4.78 is 50.5. The first-order valence-electron chi connectivity index (χ1n) is 5.12. The van der Waals surface area contributed by atoms with Crippen molar-refractivity contribution in [2.75, 3.05) is 19.0 Å². The van der Waals surface area contributed by atoms with Crippen LogP contribution in [-0.4, -0.2) is 36.0 Å². The first-order valence-corrected chi connectivity index (χ1v) is 6.03. The minimum absolute atomic E-state index is 0.201. The third kappa shape index (κ3) is 4.54. The van der Waals surface area contributed by atoms with Crippen molar-refractivity contribution in [1.29, 1.82) is 0 Å². The van der Waals surface area contributed by atoms with Gasteiger partial charge in [0.2, 0.25) is 0 Å². The second-order valence-electron chi connectivity index (χ2n) is 3.63. The Morgan fingerprint density at radius 1 is 1.32 bits per heavy atom. The van der Waals surface area contributed by atoms with E-state index in [1.165, 1.54) is 12.1 Å². The van der Waals surface area contributed by atoms with Crippen molar-refractivity contribution in [1.82, 2.24) is 4.90 Å². The Bertz CT molecular complexity index is 444. The van der Waals surface area contributed by atoms with Crippen LogP contribution in [-0.2, 0) is 0 Å². The fraction of sp³-hybridized carbons (Fsp3) is 0.364. The van der Waals surface area contributed by atoms with Gasteiger partial charge in [-0.25, -0.2) is 4.39 Å². The Morgan fingerprint density at radius 3 is 2.42 bits per heavy atom. The molecule has 0 aliphatic heterocycles. The predicted octanol–water partition coefficient (Wildman–Crippen LogP) is 3.72. The maximum absolute atomic E-state index is 13.5. The largest absolute Gasteiger partial charge is 0.406 e. The molecule has 1 rings (SSSR count). The molecule has 0 fully saturated rings. The van der Waals surface area contributed by atoms with Crippen LogP contribution in [0.25, 0.3) is 0 Å². The molecule has 0 N–H and O–H groups in total. The quantitative estimate of drug-likeness (QED) is 0.612. The third-order valence-electron chi connectivity index (χ3n) is 2.19. The van der Waals surface area contributed by atoms with E-state index in [4.69, 9.17) is 23.2 Å². The van der Waals surface area contributed by atoms with Crippen LogP contribution in [0.3, 0.4) is 0 Å². The molecule has 8 heteroatoms. The number of carbonyl (C=O) groups excluding carboxylic acids is 1. The second-order valence-corrected chi connectivity index (χ2v) is 4.41. The molecular formula is C11H9Cl2F4NO. The van der Waals surface area contributed by atoms with Gasteiger partial charge in [0.25, 0.3) is 5.91 Å². The summed E-state index contributed by atoms with van der Waals surface area (Å²) in [5, 5.41) is -0.244. The van der Waals surface area contributed by atoms with Crippen molar-refractivity contribution in [3.63, 3.8) is 0 Å². The van der Waals surface area contributed by atoms with Gasteiger partial charge in [-0.2, -0.15) is 13.2 Å². The van der Waals surface area contributed by atoms with Crippen molar-refractivity contribution in [2.45, 2.75) is 6.18 Å². The summed E-state index contributed by atoms with van der Waals surface area (Å²) >= 11 is 11.0. The van der Waals surface area contributed by atoms with Gasteiger partial charge in [0.15, 0.2) is 0 Å². The average molecular weight is 318 g/mol. The molecular weight excluding hydrogens is 309 g/mol. The molecule has 2 nitrogen and oxygen atoms in total. The van der Waals surface area contributed by atoms with E-state index in [2.05, 4.69) is 0 Å². The van der Waals surface area contributed by atoms with Gasteiger partial charge >= 0.3 is 6.18 Å². The van der Waals surface area contributed by atoms with Gasteiger partial charge in [-0.1, -0.05) is 17.7 Å². The van der Waals surface area contributed by atoms with Gasteiger partial charge in [-0.3, -0.25) is 4.79 Å². The number of alkyl halides is 4. The molecule has 0 aliphatic carbocycles. The normalized spacial score (nSPS) is 11.5. The summed E-state index contributed by atoms with van der Waals surface area (Å²) in [6.45, 7) is -1.87. The number of amides is 1. The number of nitrogens with zero attached hydrogens (tertiary/aromatic N) is 1. The Labute approximate surface area is 116 Å². The van der Waals surface area contributed by atoms with Crippen LogP contribution >= 0.6 is 23.2 Å². The van der Waals surface area contributed by atoms with Gasteiger partial charge in [-0.05, 0) is 12.1 Å². The SMILES string of the molecule is O=C(c1c(F)cccc1Cl)N(CCCl)CC(F)(F)F. The van der Waals surface area contributed by atoms with Crippen molar-refractivity contribution in [2.24, 2.45) is 0 Å². The van der Waals surface area contributed by atoms with Crippen molar-refractivity contribution >= 4 is 29.1 Å². The van der Waals surface area contributed by atoms with Crippen LogP contribution in [0.5, 0.6) is 0 Å². The average Bonchev–Trinajstić information content (AvgIpc) is 2.26. The van der Waals surface area contributed by atoms with Crippen LogP contribution in [0.15, 0.2) is 18.2 Å². The standard InChI is InChI=1S/C11H9Cl2F4NO/c12-4-5-18(6-11(15,16)17)10(19)9-7(13)2-1-3-8(9)14/h1-3H,4-6H2. The lowest BCUT2D eigenvalue weighted by Crippen LogP contribution is -2.40. The highest BCUT2D eigenvalue weighted by molar-refractivity contribution is 6.33. The highest BCUT2D eigenvalue weighted by Gasteiger charge is 2.34.